The highest BCUT2D eigenvalue weighted by Crippen LogP contribution is 2.17. The van der Waals surface area contributed by atoms with Crippen molar-refractivity contribution >= 4 is 11.8 Å². The van der Waals surface area contributed by atoms with E-state index in [0.29, 0.717) is 0 Å². The SMILES string of the molecule is CCCCCCCCCCCCCCCCCCCCCCCCCCCCSCCCCCCCCC. The molecule has 230 valence electrons. The maximum atomic E-state index is 2.31. The number of rotatable bonds is 35. The van der Waals surface area contributed by atoms with Crippen molar-refractivity contribution in [2.45, 2.75) is 226 Å². The van der Waals surface area contributed by atoms with Gasteiger partial charge in [0.15, 0.2) is 0 Å². The quantitative estimate of drug-likeness (QED) is 0.0704. The standard InChI is InChI=1S/C37H76S/c1-3-5-7-9-11-12-13-14-15-16-17-18-19-20-21-22-23-24-25-26-27-28-29-31-33-35-37-38-36-34-32-30-10-8-6-4-2/h3-37H2,1-2H3. The van der Waals surface area contributed by atoms with Gasteiger partial charge in [-0.15, -0.1) is 0 Å². The van der Waals surface area contributed by atoms with E-state index < -0.39 is 0 Å². The molecule has 0 aromatic heterocycles. The third kappa shape index (κ3) is 36.4. The molecule has 0 heterocycles. The fourth-order valence-electron chi connectivity index (χ4n) is 5.78. The molecule has 0 aromatic carbocycles. The summed E-state index contributed by atoms with van der Waals surface area (Å²) in [4.78, 5) is 0. The maximum absolute atomic E-state index is 2.31. The van der Waals surface area contributed by atoms with Crippen molar-refractivity contribution in [1.82, 2.24) is 0 Å². The third-order valence-electron chi connectivity index (χ3n) is 8.53. The van der Waals surface area contributed by atoms with Crippen molar-refractivity contribution < 1.29 is 0 Å². The number of unbranched alkanes of at least 4 members (excludes halogenated alkanes) is 31. The van der Waals surface area contributed by atoms with E-state index in [9.17, 15) is 0 Å². The number of hydrogen-bond acceptors (Lipinski definition) is 1. The summed E-state index contributed by atoms with van der Waals surface area (Å²) < 4.78 is 0. The first kappa shape index (κ1) is 38.4. The average molecular weight is 553 g/mol. The molecule has 0 saturated heterocycles. The fraction of sp³-hybridized carbons (Fsp3) is 1.00. The molecule has 0 aliphatic heterocycles. The molecule has 1 heteroatoms. The molecule has 0 unspecified atom stereocenters. The minimum atomic E-state index is 1.37. The van der Waals surface area contributed by atoms with Crippen molar-refractivity contribution in [3.05, 3.63) is 0 Å². The molecular formula is C37H76S. The Labute approximate surface area is 248 Å². The Hall–Kier alpha value is 0.350. The molecule has 0 aliphatic carbocycles. The van der Waals surface area contributed by atoms with E-state index in [1.807, 2.05) is 0 Å². The van der Waals surface area contributed by atoms with Crippen LogP contribution >= 0.6 is 11.8 Å². The van der Waals surface area contributed by atoms with E-state index in [1.54, 1.807) is 0 Å². The van der Waals surface area contributed by atoms with Gasteiger partial charge in [-0.1, -0.05) is 213 Å². The first-order valence-corrected chi connectivity index (χ1v) is 19.6. The van der Waals surface area contributed by atoms with Crippen LogP contribution in [0.3, 0.4) is 0 Å². The van der Waals surface area contributed by atoms with Gasteiger partial charge in [0.2, 0.25) is 0 Å². The predicted molar refractivity (Wildman–Crippen MR) is 181 cm³/mol. The molecule has 0 rings (SSSR count). The van der Waals surface area contributed by atoms with Crippen molar-refractivity contribution in [3.8, 4) is 0 Å². The Balaban J connectivity index is 3.01. The van der Waals surface area contributed by atoms with Crippen LogP contribution < -0.4 is 0 Å². The van der Waals surface area contributed by atoms with E-state index in [2.05, 4.69) is 25.6 Å². The molecule has 0 N–H and O–H groups in total. The first-order chi connectivity index (χ1) is 18.9. The Morgan fingerprint density at radius 1 is 0.211 bits per heavy atom. The smallest absolute Gasteiger partial charge is 0.00675 e. The van der Waals surface area contributed by atoms with Crippen LogP contribution in [0.2, 0.25) is 0 Å². The monoisotopic (exact) mass is 553 g/mol. The summed E-state index contributed by atoms with van der Waals surface area (Å²) in [5.74, 6) is 2.82. The number of hydrogen-bond donors (Lipinski definition) is 0. The summed E-state index contributed by atoms with van der Waals surface area (Å²) in [7, 11) is 0. The zero-order valence-corrected chi connectivity index (χ0v) is 28.0. The van der Waals surface area contributed by atoms with Gasteiger partial charge >= 0.3 is 0 Å². The maximum Gasteiger partial charge on any atom is -0.00675 e. The van der Waals surface area contributed by atoms with Crippen molar-refractivity contribution in [3.63, 3.8) is 0 Å². The summed E-state index contributed by atoms with van der Waals surface area (Å²) in [6.45, 7) is 4.61. The second-order valence-corrected chi connectivity index (χ2v) is 13.8. The first-order valence-electron chi connectivity index (χ1n) is 18.5. The lowest BCUT2D eigenvalue weighted by Crippen LogP contribution is -1.87. The topological polar surface area (TPSA) is 0 Å². The zero-order valence-electron chi connectivity index (χ0n) is 27.2. The molecule has 0 fully saturated rings. The Morgan fingerprint density at radius 2 is 0.368 bits per heavy atom. The fourth-order valence-corrected chi connectivity index (χ4v) is 6.80. The van der Waals surface area contributed by atoms with Gasteiger partial charge in [-0.05, 0) is 24.3 Å². The van der Waals surface area contributed by atoms with E-state index in [1.165, 1.54) is 223 Å². The molecular weight excluding hydrogens is 476 g/mol. The van der Waals surface area contributed by atoms with E-state index in [-0.39, 0.29) is 0 Å². The van der Waals surface area contributed by atoms with Crippen LogP contribution in [0, 0.1) is 0 Å². The minimum Gasteiger partial charge on any atom is -0.162 e. The lowest BCUT2D eigenvalue weighted by molar-refractivity contribution is 0.516. The molecule has 0 radical (unpaired) electrons. The summed E-state index contributed by atoms with van der Waals surface area (Å²) in [5.41, 5.74) is 0. The van der Waals surface area contributed by atoms with Crippen LogP contribution in [0.1, 0.15) is 226 Å². The van der Waals surface area contributed by atoms with Crippen LogP contribution in [0.25, 0.3) is 0 Å². The minimum absolute atomic E-state index is 1.37. The van der Waals surface area contributed by atoms with E-state index in [0.717, 1.165) is 0 Å². The van der Waals surface area contributed by atoms with Gasteiger partial charge in [0.05, 0.1) is 0 Å². The third-order valence-corrected chi connectivity index (χ3v) is 9.69. The summed E-state index contributed by atoms with van der Waals surface area (Å²) in [5, 5.41) is 0. The van der Waals surface area contributed by atoms with Gasteiger partial charge in [0, 0.05) is 0 Å². The molecule has 0 spiro atoms. The number of thioether (sulfide) groups is 1. The highest BCUT2D eigenvalue weighted by Gasteiger charge is 1.97. The molecule has 0 nitrogen and oxygen atoms in total. The van der Waals surface area contributed by atoms with Crippen molar-refractivity contribution in [2.24, 2.45) is 0 Å². The Morgan fingerprint density at radius 3 is 0.553 bits per heavy atom. The van der Waals surface area contributed by atoms with Crippen LogP contribution in [0.4, 0.5) is 0 Å². The molecule has 0 bridgehead atoms. The lowest BCUT2D eigenvalue weighted by atomic mass is 10.0. The van der Waals surface area contributed by atoms with E-state index >= 15 is 0 Å². The van der Waals surface area contributed by atoms with Crippen LogP contribution in [0.5, 0.6) is 0 Å². The normalized spacial score (nSPS) is 11.5. The average Bonchev–Trinajstić information content (AvgIpc) is 2.93. The molecule has 0 atom stereocenters. The van der Waals surface area contributed by atoms with Crippen LogP contribution in [0.15, 0.2) is 0 Å². The van der Waals surface area contributed by atoms with Crippen molar-refractivity contribution in [1.29, 1.82) is 0 Å². The van der Waals surface area contributed by atoms with Crippen LogP contribution in [-0.4, -0.2) is 11.5 Å². The summed E-state index contributed by atoms with van der Waals surface area (Å²) >= 11 is 2.21. The van der Waals surface area contributed by atoms with Crippen molar-refractivity contribution in [2.75, 3.05) is 11.5 Å². The van der Waals surface area contributed by atoms with Gasteiger partial charge in [0.1, 0.15) is 0 Å². The summed E-state index contributed by atoms with van der Waals surface area (Å²) in [6.07, 6.45) is 48.7. The van der Waals surface area contributed by atoms with Gasteiger partial charge in [-0.25, -0.2) is 0 Å². The zero-order chi connectivity index (χ0) is 27.5. The van der Waals surface area contributed by atoms with Crippen LogP contribution in [-0.2, 0) is 0 Å². The highest BCUT2D eigenvalue weighted by molar-refractivity contribution is 7.99. The van der Waals surface area contributed by atoms with E-state index in [4.69, 9.17) is 0 Å². The van der Waals surface area contributed by atoms with Gasteiger partial charge in [0.25, 0.3) is 0 Å². The Kier molecular flexibility index (Phi) is 37.7. The van der Waals surface area contributed by atoms with Gasteiger partial charge in [-0.3, -0.25) is 0 Å². The molecule has 0 aromatic rings. The van der Waals surface area contributed by atoms with Gasteiger partial charge in [-0.2, -0.15) is 11.8 Å². The molecule has 0 amide bonds. The summed E-state index contributed by atoms with van der Waals surface area (Å²) in [6, 6.07) is 0. The molecule has 38 heavy (non-hydrogen) atoms. The highest BCUT2D eigenvalue weighted by atomic mass is 32.2. The Bertz CT molecular complexity index is 343. The predicted octanol–water partition coefficient (Wildman–Crippen LogP) is 14.6. The largest absolute Gasteiger partial charge is 0.162 e. The lowest BCUT2D eigenvalue weighted by Gasteiger charge is -2.05. The molecule has 0 aliphatic rings. The molecule has 0 saturated carbocycles. The second-order valence-electron chi connectivity index (χ2n) is 12.6. The van der Waals surface area contributed by atoms with Gasteiger partial charge < -0.3 is 0 Å². The second kappa shape index (κ2) is 37.4.